The molecule has 0 amide bonds. The number of nitrogens with two attached hydrogens (primary N) is 1. The number of rotatable bonds is 5. The first-order chi connectivity index (χ1) is 11.7. The first kappa shape index (κ1) is 18.3. The normalized spacial score (nSPS) is 27.2. The molecule has 1 unspecified atom stereocenters. The fraction of sp³-hybridized carbons (Fsp3) is 0.625. The summed E-state index contributed by atoms with van der Waals surface area (Å²) in [7, 11) is 0. The van der Waals surface area contributed by atoms with E-state index in [4.69, 9.17) is 10.5 Å². The van der Waals surface area contributed by atoms with Gasteiger partial charge in [0.15, 0.2) is 17.7 Å². The molecule has 2 aromatic heterocycles. The van der Waals surface area contributed by atoms with E-state index in [2.05, 4.69) is 34.6 Å². The Morgan fingerprint density at radius 1 is 1.32 bits per heavy atom. The molecule has 25 heavy (non-hydrogen) atoms. The molecule has 4 atom stereocenters. The zero-order valence-electron chi connectivity index (χ0n) is 14.8. The van der Waals surface area contributed by atoms with Crippen LogP contribution in [0, 0.1) is 0 Å². The highest BCUT2D eigenvalue weighted by molar-refractivity contribution is 7.72. The van der Waals surface area contributed by atoms with Gasteiger partial charge in [-0.3, -0.25) is 4.57 Å². The molecule has 4 N–H and O–H groups in total. The van der Waals surface area contributed by atoms with Crippen molar-refractivity contribution in [3.63, 3.8) is 0 Å². The molecule has 138 valence electrons. The topological polar surface area (TPSA) is 119 Å². The first-order valence-electron chi connectivity index (χ1n) is 8.39. The van der Waals surface area contributed by atoms with Gasteiger partial charge >= 0.3 is 0 Å². The number of anilines is 1. The molecule has 3 rings (SSSR count). The third-order valence-electron chi connectivity index (χ3n) is 4.44. The predicted octanol–water partition coefficient (Wildman–Crippen LogP) is 0.689. The Bertz CT molecular complexity index is 817. The number of imidazole rings is 1. The van der Waals surface area contributed by atoms with Crippen molar-refractivity contribution in [1.82, 2.24) is 19.5 Å². The van der Waals surface area contributed by atoms with Crippen LogP contribution in [0.5, 0.6) is 0 Å². The van der Waals surface area contributed by atoms with E-state index in [0.717, 1.165) is 6.16 Å². The van der Waals surface area contributed by atoms with Crippen LogP contribution in [-0.2, 0) is 11.2 Å². The number of ether oxygens (including phenoxy) is 1. The van der Waals surface area contributed by atoms with Crippen molar-refractivity contribution in [3.8, 4) is 0 Å². The summed E-state index contributed by atoms with van der Waals surface area (Å²) in [5.74, 6) is 0.897. The molecule has 1 fully saturated rings. The monoisotopic (exact) mass is 367 g/mol. The van der Waals surface area contributed by atoms with E-state index in [1.54, 1.807) is 4.57 Å². The van der Waals surface area contributed by atoms with Crippen molar-refractivity contribution < 1.29 is 14.9 Å². The Morgan fingerprint density at radius 2 is 2.04 bits per heavy atom. The van der Waals surface area contributed by atoms with Crippen LogP contribution in [-0.4, -0.2) is 73.8 Å². The Balaban J connectivity index is 1.90. The van der Waals surface area contributed by atoms with Gasteiger partial charge in [-0.2, -0.15) is 0 Å². The van der Waals surface area contributed by atoms with Crippen LogP contribution < -0.4 is 5.73 Å². The summed E-state index contributed by atoms with van der Waals surface area (Å²) < 4.78 is 7.59. The number of hydrogen-bond donors (Lipinski definition) is 3. The summed E-state index contributed by atoms with van der Waals surface area (Å²) in [5, 5.41) is 20.9. The SMILES string of the molecule is C=P(C)(C)CCC1O[C@@H](n2cnc3c(N)nc(CC)nc32)[C@H](O)[C@@H]1O. The number of nitrogen functional groups attached to an aromatic ring is 1. The Morgan fingerprint density at radius 3 is 2.68 bits per heavy atom. The summed E-state index contributed by atoms with van der Waals surface area (Å²) in [6, 6.07) is 0. The molecule has 0 aromatic carbocycles. The lowest BCUT2D eigenvalue weighted by atomic mass is 10.1. The third kappa shape index (κ3) is 3.58. The van der Waals surface area contributed by atoms with E-state index in [1.807, 2.05) is 6.92 Å². The average Bonchev–Trinajstić information content (AvgIpc) is 3.08. The number of aliphatic hydroxyl groups excluding tert-OH is 2. The van der Waals surface area contributed by atoms with E-state index in [9.17, 15) is 10.2 Å². The summed E-state index contributed by atoms with van der Waals surface area (Å²) >= 11 is 0. The zero-order valence-corrected chi connectivity index (χ0v) is 15.7. The average molecular weight is 367 g/mol. The predicted molar refractivity (Wildman–Crippen MR) is 100 cm³/mol. The molecule has 1 saturated heterocycles. The third-order valence-corrected chi connectivity index (χ3v) is 5.91. The van der Waals surface area contributed by atoms with Crippen molar-refractivity contribution in [2.75, 3.05) is 25.2 Å². The highest BCUT2D eigenvalue weighted by Gasteiger charge is 2.44. The molecule has 0 aliphatic carbocycles. The lowest BCUT2D eigenvalue weighted by Crippen LogP contribution is -2.31. The highest BCUT2D eigenvalue weighted by atomic mass is 31.2. The van der Waals surface area contributed by atoms with Gasteiger partial charge < -0.3 is 20.7 Å². The van der Waals surface area contributed by atoms with Gasteiger partial charge in [0.2, 0.25) is 0 Å². The van der Waals surface area contributed by atoms with Crippen molar-refractivity contribution in [1.29, 1.82) is 0 Å². The van der Waals surface area contributed by atoms with E-state index >= 15 is 0 Å². The fourth-order valence-electron chi connectivity index (χ4n) is 3.00. The molecule has 2 aromatic rings. The summed E-state index contributed by atoms with van der Waals surface area (Å²) in [6.45, 7) is 4.98. The highest BCUT2D eigenvalue weighted by Crippen LogP contribution is 2.40. The molecule has 0 radical (unpaired) electrons. The van der Waals surface area contributed by atoms with Gasteiger partial charge in [0.05, 0.1) is 12.4 Å². The lowest BCUT2D eigenvalue weighted by molar-refractivity contribution is -0.0353. The van der Waals surface area contributed by atoms with Gasteiger partial charge in [0.25, 0.3) is 0 Å². The number of aliphatic hydroxyl groups is 2. The molecule has 3 heterocycles. The number of aryl methyl sites for hydroxylation is 1. The van der Waals surface area contributed by atoms with Crippen LogP contribution in [0.2, 0.25) is 0 Å². The maximum absolute atomic E-state index is 10.5. The van der Waals surface area contributed by atoms with Crippen molar-refractivity contribution in [2.24, 2.45) is 0 Å². The molecule has 8 nitrogen and oxygen atoms in total. The minimum atomic E-state index is -1.23. The second-order valence-electron chi connectivity index (χ2n) is 7.20. The minimum absolute atomic E-state index is 0.300. The quantitative estimate of drug-likeness (QED) is 0.665. The summed E-state index contributed by atoms with van der Waals surface area (Å²) in [6.07, 6.45) is 4.66. The Labute approximate surface area is 147 Å². The minimum Gasteiger partial charge on any atom is -0.388 e. The first-order valence-corrected chi connectivity index (χ1v) is 11.4. The van der Waals surface area contributed by atoms with Crippen LogP contribution in [0.4, 0.5) is 5.82 Å². The van der Waals surface area contributed by atoms with Crippen LogP contribution in [0.1, 0.15) is 25.4 Å². The van der Waals surface area contributed by atoms with Gasteiger partial charge in [0, 0.05) is 6.42 Å². The van der Waals surface area contributed by atoms with Crippen LogP contribution >= 0.6 is 6.89 Å². The van der Waals surface area contributed by atoms with E-state index in [-0.39, 0.29) is 0 Å². The number of hydrogen-bond acceptors (Lipinski definition) is 7. The second-order valence-corrected chi connectivity index (χ2v) is 11.5. The standard InChI is InChI=1S/C16H26N5O3P/c1-5-10-19-14(17)11-15(20-10)21(8-18-11)16-13(23)12(22)9(24-16)6-7-25(2,3)4/h8-9,12-13,16,22-23H,2,5-7H2,1,3-4H3,(H2,17,19,20)/t9?,12-,13-,16-/m1/s1. The van der Waals surface area contributed by atoms with Crippen molar-refractivity contribution >= 4 is 30.2 Å². The van der Waals surface area contributed by atoms with Gasteiger partial charge in [0.1, 0.15) is 23.5 Å². The maximum atomic E-state index is 10.5. The summed E-state index contributed by atoms with van der Waals surface area (Å²) in [4.78, 5) is 12.9. The molecular formula is C16H26N5O3P. The van der Waals surface area contributed by atoms with Crippen LogP contribution in [0.25, 0.3) is 11.2 Å². The molecule has 0 spiro atoms. The number of fused-ring (bicyclic) bond motifs is 1. The van der Waals surface area contributed by atoms with Crippen molar-refractivity contribution in [3.05, 3.63) is 12.2 Å². The molecule has 0 saturated carbocycles. The number of nitrogens with zero attached hydrogens (tertiary/aromatic N) is 4. The molecule has 1 aliphatic rings. The number of aromatic nitrogens is 4. The molecule has 0 bridgehead atoms. The second kappa shape index (κ2) is 6.68. The van der Waals surface area contributed by atoms with E-state index in [0.29, 0.717) is 35.6 Å². The van der Waals surface area contributed by atoms with E-state index in [1.165, 1.54) is 6.33 Å². The van der Waals surface area contributed by atoms with Gasteiger partial charge in [-0.25, -0.2) is 15.0 Å². The molecular weight excluding hydrogens is 341 g/mol. The molecule has 1 aliphatic heterocycles. The van der Waals surface area contributed by atoms with Gasteiger partial charge in [-0.15, -0.1) is 13.2 Å². The molecule has 9 heteroatoms. The largest absolute Gasteiger partial charge is 0.388 e. The fourth-order valence-corrected chi connectivity index (χ4v) is 3.96. The summed E-state index contributed by atoms with van der Waals surface area (Å²) in [5.41, 5.74) is 6.92. The van der Waals surface area contributed by atoms with Gasteiger partial charge in [-0.1, -0.05) is 6.92 Å². The lowest BCUT2D eigenvalue weighted by Gasteiger charge is -2.18. The van der Waals surface area contributed by atoms with Crippen molar-refractivity contribution in [2.45, 2.75) is 44.3 Å². The Kier molecular flexibility index (Phi) is 4.90. The maximum Gasteiger partial charge on any atom is 0.167 e. The van der Waals surface area contributed by atoms with Crippen LogP contribution in [0.15, 0.2) is 6.33 Å². The van der Waals surface area contributed by atoms with Gasteiger partial charge in [-0.05, 0) is 25.9 Å². The smallest absolute Gasteiger partial charge is 0.167 e. The zero-order chi connectivity index (χ0) is 18.4. The van der Waals surface area contributed by atoms with E-state index < -0.39 is 31.4 Å². The Hall–Kier alpha value is -1.47. The van der Waals surface area contributed by atoms with Crippen LogP contribution in [0.3, 0.4) is 0 Å².